The number of rotatable bonds is 4. The molecule has 1 saturated carbocycles. The first-order valence-electron chi connectivity index (χ1n) is 5.27. The summed E-state index contributed by atoms with van der Waals surface area (Å²) in [7, 11) is -1.44. The fourth-order valence-corrected chi connectivity index (χ4v) is 3.10. The molecule has 16 heavy (non-hydrogen) atoms. The van der Waals surface area contributed by atoms with Crippen molar-refractivity contribution in [2.45, 2.75) is 24.5 Å². The Morgan fingerprint density at radius 2 is 2.12 bits per heavy atom. The predicted octanol–water partition coefficient (Wildman–Crippen LogP) is 1.42. The van der Waals surface area contributed by atoms with Crippen LogP contribution in [0.15, 0.2) is 18.3 Å². The number of hydrogen-bond donors (Lipinski definition) is 2. The number of pyridine rings is 1. The maximum atomic E-state index is 11.8. The number of aromatic nitrogens is 1. The van der Waals surface area contributed by atoms with Crippen LogP contribution in [0.4, 0.5) is 11.5 Å². The van der Waals surface area contributed by atoms with Crippen LogP contribution in [0, 0.1) is 0 Å². The Balaban J connectivity index is 2.08. The van der Waals surface area contributed by atoms with Crippen molar-refractivity contribution >= 4 is 21.5 Å². The molecule has 0 bridgehead atoms. The first-order valence-corrected chi connectivity index (χ1v) is 6.82. The number of anilines is 2. The van der Waals surface area contributed by atoms with Gasteiger partial charge >= 0.3 is 0 Å². The molecule has 6 heteroatoms. The van der Waals surface area contributed by atoms with E-state index in [0.29, 0.717) is 11.5 Å². The molecule has 0 unspecified atom stereocenters. The van der Waals surface area contributed by atoms with Gasteiger partial charge in [0.25, 0.3) is 0 Å². The first kappa shape index (κ1) is 11.2. The summed E-state index contributed by atoms with van der Waals surface area (Å²) >= 11 is 0. The Morgan fingerprint density at radius 1 is 1.38 bits per heavy atom. The number of sulfonamides is 1. The van der Waals surface area contributed by atoms with E-state index in [9.17, 15) is 8.42 Å². The monoisotopic (exact) mass is 241 g/mol. The van der Waals surface area contributed by atoms with Crippen LogP contribution in [0.5, 0.6) is 0 Å². The van der Waals surface area contributed by atoms with E-state index in [2.05, 4.69) is 15.0 Å². The van der Waals surface area contributed by atoms with Gasteiger partial charge in [0, 0.05) is 7.05 Å². The van der Waals surface area contributed by atoms with Crippen molar-refractivity contribution in [1.29, 1.82) is 0 Å². The third-order valence-electron chi connectivity index (χ3n) is 2.77. The fraction of sp³-hybridized carbons (Fsp3) is 0.500. The van der Waals surface area contributed by atoms with E-state index in [-0.39, 0.29) is 5.25 Å². The van der Waals surface area contributed by atoms with Crippen molar-refractivity contribution in [1.82, 2.24) is 4.98 Å². The highest BCUT2D eigenvalue weighted by Gasteiger charge is 2.31. The largest absolute Gasteiger partial charge is 0.373 e. The summed E-state index contributed by atoms with van der Waals surface area (Å²) < 4.78 is 26.1. The summed E-state index contributed by atoms with van der Waals surface area (Å²) in [5.74, 6) is 0.714. The molecule has 88 valence electrons. The molecule has 0 aromatic carbocycles. The van der Waals surface area contributed by atoms with Crippen LogP contribution in [0.1, 0.15) is 19.3 Å². The van der Waals surface area contributed by atoms with Crippen LogP contribution >= 0.6 is 0 Å². The Kier molecular flexibility index (Phi) is 3.00. The van der Waals surface area contributed by atoms with Gasteiger partial charge in [-0.3, -0.25) is 4.72 Å². The molecule has 0 radical (unpaired) electrons. The molecule has 0 spiro atoms. The summed E-state index contributed by atoms with van der Waals surface area (Å²) in [4.78, 5) is 4.05. The molecular formula is C10H15N3O2S. The Hall–Kier alpha value is -1.30. The molecule has 2 rings (SSSR count). The Labute approximate surface area is 95.3 Å². The average molecular weight is 241 g/mol. The Bertz CT molecular complexity index is 451. The van der Waals surface area contributed by atoms with Gasteiger partial charge in [-0.05, 0) is 25.0 Å². The van der Waals surface area contributed by atoms with E-state index >= 15 is 0 Å². The minimum Gasteiger partial charge on any atom is -0.373 e. The molecule has 2 N–H and O–H groups in total. The van der Waals surface area contributed by atoms with Crippen molar-refractivity contribution in [2.75, 3.05) is 17.1 Å². The normalized spacial score (nSPS) is 16.6. The Morgan fingerprint density at radius 3 is 2.56 bits per heavy atom. The third-order valence-corrected chi connectivity index (χ3v) is 4.64. The lowest BCUT2D eigenvalue weighted by Gasteiger charge is -2.25. The smallest absolute Gasteiger partial charge is 0.235 e. The summed E-state index contributed by atoms with van der Waals surface area (Å²) in [5, 5.41) is 2.65. The second-order valence-corrected chi connectivity index (χ2v) is 5.84. The van der Waals surface area contributed by atoms with Crippen LogP contribution in [0.2, 0.25) is 0 Å². The SMILES string of the molecule is CNc1ccc(NS(=O)(=O)C2CCC2)cn1. The van der Waals surface area contributed by atoms with Gasteiger partial charge in [-0.1, -0.05) is 6.42 Å². The van der Waals surface area contributed by atoms with E-state index < -0.39 is 10.0 Å². The zero-order valence-corrected chi connectivity index (χ0v) is 9.92. The second-order valence-electron chi connectivity index (χ2n) is 3.88. The summed E-state index contributed by atoms with van der Waals surface area (Å²) in [6, 6.07) is 3.44. The van der Waals surface area contributed by atoms with Gasteiger partial charge in [0.15, 0.2) is 0 Å². The summed E-state index contributed by atoms with van der Waals surface area (Å²) in [6.07, 6.45) is 4.04. The minimum absolute atomic E-state index is 0.225. The van der Waals surface area contributed by atoms with Gasteiger partial charge < -0.3 is 5.32 Å². The molecule has 1 aliphatic rings. The molecule has 5 nitrogen and oxygen atoms in total. The van der Waals surface area contributed by atoms with Crippen LogP contribution < -0.4 is 10.0 Å². The van der Waals surface area contributed by atoms with E-state index in [4.69, 9.17) is 0 Å². The zero-order valence-electron chi connectivity index (χ0n) is 9.10. The molecule has 1 aliphatic carbocycles. The van der Waals surface area contributed by atoms with Gasteiger partial charge in [0.05, 0.1) is 17.1 Å². The van der Waals surface area contributed by atoms with Crippen LogP contribution in [-0.4, -0.2) is 25.7 Å². The summed E-state index contributed by atoms with van der Waals surface area (Å²) in [6.45, 7) is 0. The van der Waals surface area contributed by atoms with Crippen LogP contribution in [0.3, 0.4) is 0 Å². The zero-order chi connectivity index (χ0) is 11.6. The van der Waals surface area contributed by atoms with Crippen molar-refractivity contribution in [3.8, 4) is 0 Å². The number of hydrogen-bond acceptors (Lipinski definition) is 4. The molecule has 1 aromatic rings. The van der Waals surface area contributed by atoms with Crippen LogP contribution in [0.25, 0.3) is 0 Å². The van der Waals surface area contributed by atoms with E-state index in [1.54, 1.807) is 19.2 Å². The van der Waals surface area contributed by atoms with E-state index in [0.717, 1.165) is 19.3 Å². The molecular weight excluding hydrogens is 226 g/mol. The number of nitrogens with one attached hydrogen (secondary N) is 2. The maximum absolute atomic E-state index is 11.8. The molecule has 0 atom stereocenters. The standard InChI is InChI=1S/C10H15N3O2S/c1-11-10-6-5-8(7-12-10)13-16(14,15)9-3-2-4-9/h5-7,9,13H,2-4H2,1H3,(H,11,12). The highest BCUT2D eigenvalue weighted by molar-refractivity contribution is 7.93. The lowest BCUT2D eigenvalue weighted by atomic mass is 10.0. The van der Waals surface area contributed by atoms with Crippen molar-refractivity contribution in [3.63, 3.8) is 0 Å². The van der Waals surface area contributed by atoms with Crippen molar-refractivity contribution in [2.24, 2.45) is 0 Å². The lowest BCUT2D eigenvalue weighted by Crippen LogP contribution is -2.33. The second kappa shape index (κ2) is 4.29. The van der Waals surface area contributed by atoms with Gasteiger partial charge in [-0.15, -0.1) is 0 Å². The minimum atomic E-state index is -3.21. The maximum Gasteiger partial charge on any atom is 0.235 e. The topological polar surface area (TPSA) is 71.1 Å². The van der Waals surface area contributed by atoms with Crippen molar-refractivity contribution in [3.05, 3.63) is 18.3 Å². The quantitative estimate of drug-likeness (QED) is 0.836. The molecule has 1 heterocycles. The number of nitrogens with zero attached hydrogens (tertiary/aromatic N) is 1. The fourth-order valence-electron chi connectivity index (χ4n) is 1.53. The predicted molar refractivity (Wildman–Crippen MR) is 64.0 cm³/mol. The molecule has 0 aliphatic heterocycles. The highest BCUT2D eigenvalue weighted by atomic mass is 32.2. The van der Waals surface area contributed by atoms with Gasteiger partial charge in [-0.25, -0.2) is 13.4 Å². The first-order chi connectivity index (χ1) is 7.62. The lowest BCUT2D eigenvalue weighted by molar-refractivity contribution is 0.479. The molecule has 1 aromatic heterocycles. The average Bonchev–Trinajstić information content (AvgIpc) is 2.14. The molecule has 0 saturated heterocycles. The molecule has 1 fully saturated rings. The summed E-state index contributed by atoms with van der Waals surface area (Å²) in [5.41, 5.74) is 0.519. The van der Waals surface area contributed by atoms with Gasteiger partial charge in [0.1, 0.15) is 5.82 Å². The van der Waals surface area contributed by atoms with Crippen molar-refractivity contribution < 1.29 is 8.42 Å². The van der Waals surface area contributed by atoms with Gasteiger partial charge in [0.2, 0.25) is 10.0 Å². The van der Waals surface area contributed by atoms with Gasteiger partial charge in [-0.2, -0.15) is 0 Å². The van der Waals surface area contributed by atoms with E-state index in [1.807, 2.05) is 0 Å². The third kappa shape index (κ3) is 2.27. The highest BCUT2D eigenvalue weighted by Crippen LogP contribution is 2.27. The van der Waals surface area contributed by atoms with Crippen LogP contribution in [-0.2, 0) is 10.0 Å². The molecule has 0 amide bonds. The van der Waals surface area contributed by atoms with E-state index in [1.165, 1.54) is 6.20 Å².